The van der Waals surface area contributed by atoms with Crippen molar-refractivity contribution in [1.82, 2.24) is 2.89 Å². The quantitative estimate of drug-likeness (QED) is 0.370. The molecule has 0 saturated carbocycles. The average molecular weight is 301 g/mol. The summed E-state index contributed by atoms with van der Waals surface area (Å²) in [5, 5.41) is 37.5. The standard InChI is InChI=1S/C8H10NO4.In.2H/c10-7(11)3-5-1-2-9-6(5)4-8(7,12)13;;;/h3-4,10-13H,1-2H2;;;/q-1;+1;;. The molecule has 1 aliphatic carbocycles. The van der Waals surface area contributed by atoms with Crippen LogP contribution in [0, 0.1) is 0 Å². The van der Waals surface area contributed by atoms with Crippen LogP contribution in [-0.2, 0) is 0 Å². The Labute approximate surface area is 95.9 Å². The summed E-state index contributed by atoms with van der Waals surface area (Å²) < 4.78 is 2.05. The van der Waals surface area contributed by atoms with E-state index in [1.54, 1.807) is 0 Å². The molecule has 1 heterocycles. The minimum atomic E-state index is -2.59. The molecule has 2 rings (SSSR count). The van der Waals surface area contributed by atoms with Crippen molar-refractivity contribution in [2.24, 2.45) is 0 Å². The summed E-state index contributed by atoms with van der Waals surface area (Å²) in [6.07, 6.45) is 2.97. The Morgan fingerprint density at radius 3 is 2.36 bits per heavy atom. The molecule has 0 radical (unpaired) electrons. The van der Waals surface area contributed by atoms with Crippen LogP contribution in [0.3, 0.4) is 0 Å². The Bertz CT molecular complexity index is 334. The van der Waals surface area contributed by atoms with E-state index in [4.69, 9.17) is 0 Å². The molecule has 0 unspecified atom stereocenters. The number of rotatable bonds is 0. The molecular weight excluding hydrogens is 289 g/mol. The fraction of sp³-hybridized carbons (Fsp3) is 0.500. The van der Waals surface area contributed by atoms with Gasteiger partial charge in [0.2, 0.25) is 0 Å². The molecule has 4 N–H and O–H groups in total. The summed E-state index contributed by atoms with van der Waals surface area (Å²) in [6, 6.07) is 0. The van der Waals surface area contributed by atoms with Crippen LogP contribution in [0.2, 0.25) is 0 Å². The summed E-state index contributed by atoms with van der Waals surface area (Å²) in [7, 11) is 0. The van der Waals surface area contributed by atoms with Crippen molar-refractivity contribution in [1.29, 1.82) is 0 Å². The zero-order valence-corrected chi connectivity index (χ0v) is 13.5. The first-order valence-corrected chi connectivity index (χ1v) is 6.94. The van der Waals surface area contributed by atoms with Gasteiger partial charge in [-0.05, 0) is 0 Å². The number of fused-ring (bicyclic) bond motifs is 1. The van der Waals surface area contributed by atoms with Crippen molar-refractivity contribution in [3.63, 3.8) is 0 Å². The van der Waals surface area contributed by atoms with Crippen LogP contribution < -0.4 is 0 Å². The van der Waals surface area contributed by atoms with Crippen molar-refractivity contribution in [3.05, 3.63) is 23.4 Å². The minimum absolute atomic E-state index is 0.244. The van der Waals surface area contributed by atoms with Crippen molar-refractivity contribution in [2.75, 3.05) is 6.54 Å². The topological polar surface area (TPSA) is 84.2 Å². The van der Waals surface area contributed by atoms with E-state index >= 15 is 0 Å². The molecule has 14 heavy (non-hydrogen) atoms. The van der Waals surface area contributed by atoms with E-state index in [9.17, 15) is 20.4 Å². The van der Waals surface area contributed by atoms with Gasteiger partial charge in [0.25, 0.3) is 0 Å². The summed E-state index contributed by atoms with van der Waals surface area (Å²) in [6.45, 7) is 0.833. The molecule has 0 bridgehead atoms. The van der Waals surface area contributed by atoms with E-state index in [-0.39, 0.29) is 24.7 Å². The SMILES string of the molecule is OC1(O)C=C2CC[N]([InH2])C2=CC1(O)O. The van der Waals surface area contributed by atoms with Crippen molar-refractivity contribution < 1.29 is 20.4 Å². The van der Waals surface area contributed by atoms with Gasteiger partial charge >= 0.3 is 95.9 Å². The van der Waals surface area contributed by atoms with Crippen LogP contribution >= 0.6 is 0 Å². The normalized spacial score (nSPS) is 28.1. The molecular formula is C8H12InNO4. The molecule has 0 aromatic rings. The number of aliphatic hydroxyl groups is 4. The Morgan fingerprint density at radius 2 is 1.71 bits per heavy atom. The Hall–Kier alpha value is -0.00987. The molecule has 1 saturated heterocycles. The van der Waals surface area contributed by atoms with E-state index in [1.807, 2.05) is 2.89 Å². The zero-order valence-electron chi connectivity index (χ0n) is 7.80. The van der Waals surface area contributed by atoms with E-state index < -0.39 is 11.6 Å². The van der Waals surface area contributed by atoms with Crippen LogP contribution in [0.4, 0.5) is 0 Å². The van der Waals surface area contributed by atoms with Crippen LogP contribution in [0.15, 0.2) is 23.4 Å². The average Bonchev–Trinajstić information content (AvgIpc) is 2.33. The Morgan fingerprint density at radius 1 is 1.14 bits per heavy atom. The maximum atomic E-state index is 9.40. The van der Waals surface area contributed by atoms with Crippen LogP contribution in [0.25, 0.3) is 0 Å². The van der Waals surface area contributed by atoms with Gasteiger partial charge in [-0.25, -0.2) is 0 Å². The molecule has 76 valence electrons. The predicted octanol–water partition coefficient (Wildman–Crippen LogP) is -2.57. The Balaban J connectivity index is 2.47. The second kappa shape index (κ2) is 2.99. The molecule has 0 amide bonds. The third-order valence-electron chi connectivity index (χ3n) is 2.71. The van der Waals surface area contributed by atoms with Crippen LogP contribution in [-0.4, -0.2) is 66.1 Å². The van der Waals surface area contributed by atoms with E-state index in [1.165, 1.54) is 0 Å². The predicted molar refractivity (Wildman–Crippen MR) is 50.4 cm³/mol. The summed E-state index contributed by atoms with van der Waals surface area (Å²) in [5.41, 5.74) is 1.53. The first kappa shape index (κ1) is 10.5. The van der Waals surface area contributed by atoms with E-state index in [2.05, 4.69) is 0 Å². The van der Waals surface area contributed by atoms with Crippen molar-refractivity contribution in [2.45, 2.75) is 18.0 Å². The van der Waals surface area contributed by atoms with Crippen LogP contribution in [0.5, 0.6) is 0 Å². The first-order valence-electron chi connectivity index (χ1n) is 4.39. The number of hydrogen-bond acceptors (Lipinski definition) is 5. The summed E-state index contributed by atoms with van der Waals surface area (Å²) in [4.78, 5) is 0. The second-order valence-corrected chi connectivity index (χ2v) is 6.90. The maximum absolute atomic E-state index is 9.40. The van der Waals surface area contributed by atoms with Crippen LogP contribution in [0.1, 0.15) is 6.42 Å². The van der Waals surface area contributed by atoms with Gasteiger partial charge in [0, 0.05) is 0 Å². The third kappa shape index (κ3) is 1.42. The van der Waals surface area contributed by atoms with Crippen molar-refractivity contribution >= 4 is 24.7 Å². The van der Waals surface area contributed by atoms with Gasteiger partial charge in [-0.15, -0.1) is 0 Å². The van der Waals surface area contributed by atoms with E-state index in [0.29, 0.717) is 0 Å². The fourth-order valence-electron chi connectivity index (χ4n) is 1.78. The number of hydrogen-bond donors (Lipinski definition) is 4. The molecule has 0 aromatic heterocycles. The van der Waals surface area contributed by atoms with Gasteiger partial charge in [-0.1, -0.05) is 0 Å². The number of nitrogens with zero attached hydrogens (tertiary/aromatic N) is 1. The molecule has 0 spiro atoms. The fourth-order valence-corrected chi connectivity index (χ4v) is 3.60. The molecule has 6 heteroatoms. The van der Waals surface area contributed by atoms with Gasteiger partial charge < -0.3 is 0 Å². The molecule has 1 aliphatic heterocycles. The first-order chi connectivity index (χ1) is 6.33. The molecule has 0 aromatic carbocycles. The molecule has 2 aliphatic rings. The van der Waals surface area contributed by atoms with Gasteiger partial charge in [-0.2, -0.15) is 0 Å². The van der Waals surface area contributed by atoms with Gasteiger partial charge in [-0.3, -0.25) is 0 Å². The summed E-state index contributed by atoms with van der Waals surface area (Å²) in [5.74, 6) is -5.16. The van der Waals surface area contributed by atoms with E-state index in [0.717, 1.165) is 36.4 Å². The Kier molecular flexibility index (Phi) is 2.24. The van der Waals surface area contributed by atoms with Crippen molar-refractivity contribution in [3.8, 4) is 0 Å². The second-order valence-electron chi connectivity index (χ2n) is 3.82. The molecule has 0 atom stereocenters. The van der Waals surface area contributed by atoms with Gasteiger partial charge in [0.1, 0.15) is 0 Å². The summed E-state index contributed by atoms with van der Waals surface area (Å²) >= 11 is 0.244. The van der Waals surface area contributed by atoms with Gasteiger partial charge in [0.05, 0.1) is 0 Å². The third-order valence-corrected chi connectivity index (χ3v) is 5.36. The molecule has 1 fully saturated rings. The monoisotopic (exact) mass is 301 g/mol. The molecule has 5 nitrogen and oxygen atoms in total. The zero-order chi connectivity index (χ0) is 10.6. The van der Waals surface area contributed by atoms with Gasteiger partial charge in [0.15, 0.2) is 0 Å². The number of allylic oxidation sites excluding steroid dienone is 1.